The lowest BCUT2D eigenvalue weighted by Gasteiger charge is -2.31. The average molecular weight is 379 g/mol. The molecule has 0 saturated carbocycles. The van der Waals surface area contributed by atoms with Crippen molar-refractivity contribution in [2.24, 2.45) is 0 Å². The minimum Gasteiger partial charge on any atom is -0.488 e. The monoisotopic (exact) mass is 379 g/mol. The van der Waals surface area contributed by atoms with Gasteiger partial charge in [0, 0.05) is 0 Å². The molecule has 2 aromatic carbocycles. The van der Waals surface area contributed by atoms with Crippen LogP contribution in [0.1, 0.15) is 5.56 Å². The van der Waals surface area contributed by atoms with Gasteiger partial charge in [-0.3, -0.25) is 0 Å². The highest BCUT2D eigenvalue weighted by molar-refractivity contribution is 7.89. The van der Waals surface area contributed by atoms with Crippen LogP contribution in [0.3, 0.4) is 0 Å². The number of nitrogens with zero attached hydrogens (tertiary/aromatic N) is 1. The summed E-state index contributed by atoms with van der Waals surface area (Å²) in [4.78, 5) is 1.05. The second-order valence-electron chi connectivity index (χ2n) is 6.50. The number of benzene rings is 2. The molecule has 140 valence electrons. The number of halogens is 1. The van der Waals surface area contributed by atoms with E-state index in [9.17, 15) is 12.8 Å². The van der Waals surface area contributed by atoms with Crippen molar-refractivity contribution < 1.29 is 22.4 Å². The average Bonchev–Trinajstić information content (AvgIpc) is 2.62. The van der Waals surface area contributed by atoms with Gasteiger partial charge >= 0.3 is 0 Å². The van der Waals surface area contributed by atoms with Crippen molar-refractivity contribution in [2.45, 2.75) is 11.8 Å². The van der Waals surface area contributed by atoms with Crippen LogP contribution in [-0.2, 0) is 10.0 Å². The second-order valence-corrected chi connectivity index (χ2v) is 8.41. The molecule has 0 aliphatic carbocycles. The summed E-state index contributed by atoms with van der Waals surface area (Å²) in [6.45, 7) is 5.55. The molecule has 0 bridgehead atoms. The molecule has 1 fully saturated rings. The fraction of sp³-hybridized carbons (Fsp3) is 0.368. The summed E-state index contributed by atoms with van der Waals surface area (Å²) >= 11 is 0. The molecule has 1 heterocycles. The van der Waals surface area contributed by atoms with Crippen molar-refractivity contribution in [3.05, 3.63) is 59.9 Å². The van der Waals surface area contributed by atoms with Gasteiger partial charge in [-0.25, -0.2) is 12.8 Å². The van der Waals surface area contributed by atoms with Crippen molar-refractivity contribution in [2.75, 3.05) is 39.3 Å². The molecular weight excluding hydrogens is 355 g/mol. The van der Waals surface area contributed by atoms with E-state index in [4.69, 9.17) is 4.74 Å². The number of rotatable bonds is 6. The van der Waals surface area contributed by atoms with Crippen LogP contribution in [0.5, 0.6) is 5.75 Å². The normalized spacial score (nSPS) is 16.5. The number of ether oxygens (including phenoxy) is 1. The minimum absolute atomic E-state index is 0.244. The first-order valence-corrected chi connectivity index (χ1v) is 10.2. The SMILES string of the molecule is Cc1cccc(OCC[NH+]2CCN(S(=O)(=O)c3ccccc3F)CC2)c1. The Morgan fingerprint density at radius 1 is 1.12 bits per heavy atom. The Kier molecular flexibility index (Phi) is 5.90. The largest absolute Gasteiger partial charge is 0.488 e. The highest BCUT2D eigenvalue weighted by Gasteiger charge is 2.31. The first-order valence-electron chi connectivity index (χ1n) is 8.74. The topological polar surface area (TPSA) is 51.1 Å². The molecule has 0 spiro atoms. The number of sulfonamides is 1. The molecule has 0 amide bonds. The van der Waals surface area contributed by atoms with Crippen molar-refractivity contribution in [3.8, 4) is 5.75 Å². The molecule has 2 aromatic rings. The third-order valence-corrected chi connectivity index (χ3v) is 6.53. The van der Waals surface area contributed by atoms with Crippen LogP contribution >= 0.6 is 0 Å². The summed E-state index contributed by atoms with van der Waals surface area (Å²) in [5, 5.41) is 0. The number of nitrogens with one attached hydrogen (secondary N) is 1. The van der Waals surface area contributed by atoms with Crippen molar-refractivity contribution in [1.82, 2.24) is 4.31 Å². The van der Waals surface area contributed by atoms with E-state index in [1.807, 2.05) is 31.2 Å². The predicted octanol–water partition coefficient (Wildman–Crippen LogP) is 1.10. The van der Waals surface area contributed by atoms with Gasteiger partial charge in [-0.1, -0.05) is 24.3 Å². The minimum atomic E-state index is -3.77. The van der Waals surface area contributed by atoms with Gasteiger partial charge in [0.05, 0.1) is 26.2 Å². The number of hydrogen-bond donors (Lipinski definition) is 1. The molecule has 26 heavy (non-hydrogen) atoms. The lowest BCUT2D eigenvalue weighted by Crippen LogP contribution is -3.15. The second kappa shape index (κ2) is 8.16. The molecule has 7 heteroatoms. The van der Waals surface area contributed by atoms with E-state index in [1.165, 1.54) is 27.4 Å². The lowest BCUT2D eigenvalue weighted by molar-refractivity contribution is -0.903. The van der Waals surface area contributed by atoms with Gasteiger partial charge in [0.2, 0.25) is 10.0 Å². The van der Waals surface area contributed by atoms with E-state index >= 15 is 0 Å². The molecule has 1 aliphatic rings. The van der Waals surface area contributed by atoms with Crippen LogP contribution in [0.2, 0.25) is 0 Å². The smallest absolute Gasteiger partial charge is 0.246 e. The number of hydrogen-bond acceptors (Lipinski definition) is 3. The number of quaternary nitrogens is 1. The van der Waals surface area contributed by atoms with Crippen molar-refractivity contribution in [3.63, 3.8) is 0 Å². The Morgan fingerprint density at radius 3 is 2.54 bits per heavy atom. The molecule has 1 saturated heterocycles. The molecular formula is C19H24FN2O3S+. The van der Waals surface area contributed by atoms with Gasteiger partial charge in [-0.2, -0.15) is 4.31 Å². The maximum absolute atomic E-state index is 13.8. The maximum Gasteiger partial charge on any atom is 0.246 e. The summed E-state index contributed by atoms with van der Waals surface area (Å²) < 4.78 is 46.2. The third-order valence-electron chi connectivity index (χ3n) is 4.60. The van der Waals surface area contributed by atoms with Gasteiger partial charge in [0.15, 0.2) is 0 Å². The van der Waals surface area contributed by atoms with Crippen molar-refractivity contribution in [1.29, 1.82) is 0 Å². The van der Waals surface area contributed by atoms with Crippen LogP contribution in [0.15, 0.2) is 53.4 Å². The quantitative estimate of drug-likeness (QED) is 0.818. The summed E-state index contributed by atoms with van der Waals surface area (Å²) in [6, 6.07) is 13.4. The molecule has 3 rings (SSSR count). The lowest BCUT2D eigenvalue weighted by atomic mass is 10.2. The van der Waals surface area contributed by atoms with Crippen LogP contribution in [0, 0.1) is 12.7 Å². The molecule has 1 N–H and O–H groups in total. The summed E-state index contributed by atoms with van der Waals surface area (Å²) in [5.74, 6) is 0.152. The van der Waals surface area contributed by atoms with Gasteiger partial charge in [0.25, 0.3) is 0 Å². The summed E-state index contributed by atoms with van der Waals surface area (Å²) in [7, 11) is -3.77. The van der Waals surface area contributed by atoms with E-state index in [0.717, 1.165) is 17.9 Å². The Labute approximate surface area is 154 Å². The van der Waals surface area contributed by atoms with E-state index in [1.54, 1.807) is 6.07 Å². The van der Waals surface area contributed by atoms with Crippen molar-refractivity contribution >= 4 is 10.0 Å². The summed E-state index contributed by atoms with van der Waals surface area (Å²) in [5.41, 5.74) is 1.15. The van der Waals surface area contributed by atoms with Gasteiger partial charge in [-0.15, -0.1) is 0 Å². The molecule has 0 unspecified atom stereocenters. The zero-order valence-electron chi connectivity index (χ0n) is 14.8. The van der Waals surface area contributed by atoms with E-state index in [2.05, 4.69) is 0 Å². The van der Waals surface area contributed by atoms with Crippen LogP contribution in [0.4, 0.5) is 4.39 Å². The zero-order valence-corrected chi connectivity index (χ0v) is 15.6. The van der Waals surface area contributed by atoms with E-state index < -0.39 is 15.8 Å². The Hall–Kier alpha value is -1.96. The Morgan fingerprint density at radius 2 is 1.85 bits per heavy atom. The summed E-state index contributed by atoms with van der Waals surface area (Å²) in [6.07, 6.45) is 0. The molecule has 5 nitrogen and oxygen atoms in total. The molecule has 0 atom stereocenters. The standard InChI is InChI=1S/C19H23FN2O3S/c1-16-5-4-6-17(15-16)25-14-13-21-9-11-22(12-10-21)26(23,24)19-8-3-2-7-18(19)20/h2-8,15H,9-14H2,1H3/p+1. The fourth-order valence-corrected chi connectivity index (χ4v) is 4.61. The highest BCUT2D eigenvalue weighted by atomic mass is 32.2. The third kappa shape index (κ3) is 4.41. The fourth-order valence-electron chi connectivity index (χ4n) is 3.10. The zero-order chi connectivity index (χ0) is 18.6. The predicted molar refractivity (Wildman–Crippen MR) is 97.4 cm³/mol. The highest BCUT2D eigenvalue weighted by Crippen LogP contribution is 2.18. The van der Waals surface area contributed by atoms with E-state index in [0.29, 0.717) is 32.8 Å². The van der Waals surface area contributed by atoms with Crippen LogP contribution in [0.25, 0.3) is 0 Å². The van der Waals surface area contributed by atoms with Gasteiger partial charge < -0.3 is 9.64 Å². The maximum atomic E-state index is 13.8. The molecule has 0 radical (unpaired) electrons. The Balaban J connectivity index is 1.50. The van der Waals surface area contributed by atoms with E-state index in [-0.39, 0.29) is 4.90 Å². The Bertz CT molecular complexity index is 849. The number of piperazine rings is 1. The number of aryl methyl sites for hydroxylation is 1. The van der Waals surface area contributed by atoms with Gasteiger partial charge in [0.1, 0.15) is 29.6 Å². The first kappa shape index (κ1) is 18.8. The first-order chi connectivity index (χ1) is 12.5. The molecule has 0 aromatic heterocycles. The molecule has 1 aliphatic heterocycles. The van der Waals surface area contributed by atoms with Gasteiger partial charge in [-0.05, 0) is 36.8 Å². The van der Waals surface area contributed by atoms with Crippen LogP contribution in [-0.4, -0.2) is 52.1 Å². The van der Waals surface area contributed by atoms with Crippen LogP contribution < -0.4 is 9.64 Å².